The molecule has 0 fully saturated rings. The Balaban J connectivity index is 3.06. The number of rotatable bonds is 1. The lowest BCUT2D eigenvalue weighted by atomic mass is 10.6. The van der Waals surface area contributed by atoms with E-state index in [0.29, 0.717) is 0 Å². The largest absolute Gasteiger partial charge is 0.250 e. The summed E-state index contributed by atoms with van der Waals surface area (Å²) in [7, 11) is 0. The number of aromatic nitrogens is 3. The summed E-state index contributed by atoms with van der Waals surface area (Å²) in [6.45, 7) is 0. The maximum atomic E-state index is 5.53. The van der Waals surface area contributed by atoms with Crippen molar-refractivity contribution in [1.29, 1.82) is 0 Å². The number of hydrogen-bond donors (Lipinski definition) is 0. The van der Waals surface area contributed by atoms with E-state index in [4.69, 9.17) is 58.0 Å². The van der Waals surface area contributed by atoms with Crippen molar-refractivity contribution in [1.82, 2.24) is 15.0 Å². The van der Waals surface area contributed by atoms with Gasteiger partial charge in [-0.2, -0.15) is 0 Å². The molecule has 1 aromatic heterocycles. The van der Waals surface area contributed by atoms with Crippen molar-refractivity contribution in [3.8, 4) is 0 Å². The summed E-state index contributed by atoms with van der Waals surface area (Å²) in [6.07, 6.45) is 1.18. The van der Waals surface area contributed by atoms with Crippen LogP contribution in [-0.4, -0.2) is 15.0 Å². The summed E-state index contributed by atoms with van der Waals surface area (Å²) in [5.74, 6) is 0.147. The van der Waals surface area contributed by atoms with Gasteiger partial charge in [0.2, 0.25) is 3.79 Å². The zero-order valence-electron chi connectivity index (χ0n) is 5.89. The van der Waals surface area contributed by atoms with Gasteiger partial charge >= 0.3 is 0 Å². The van der Waals surface area contributed by atoms with Crippen LogP contribution in [0.15, 0.2) is 6.33 Å². The van der Waals surface area contributed by atoms with Crippen molar-refractivity contribution in [2.75, 3.05) is 0 Å². The van der Waals surface area contributed by atoms with Crippen LogP contribution in [0.5, 0.6) is 0 Å². The first-order chi connectivity index (χ1) is 5.91. The van der Waals surface area contributed by atoms with Gasteiger partial charge in [0, 0.05) is 0 Å². The lowest BCUT2D eigenvalue weighted by Crippen LogP contribution is -2.10. The molecular formula is C5H2Cl5N3. The van der Waals surface area contributed by atoms with Gasteiger partial charge in [0.05, 0.1) is 0 Å². The van der Waals surface area contributed by atoms with E-state index in [2.05, 4.69) is 15.0 Å². The summed E-state index contributed by atoms with van der Waals surface area (Å²) in [4.78, 5) is 10.2. The van der Waals surface area contributed by atoms with Gasteiger partial charge in [-0.05, 0) is 0 Å². The zero-order valence-corrected chi connectivity index (χ0v) is 9.67. The highest BCUT2D eigenvalue weighted by molar-refractivity contribution is 6.66. The second kappa shape index (κ2) is 4.32. The summed E-state index contributed by atoms with van der Waals surface area (Å²) in [6, 6.07) is 0. The third kappa shape index (κ3) is 3.26. The van der Waals surface area contributed by atoms with Crippen molar-refractivity contribution in [3.05, 3.63) is 18.0 Å². The van der Waals surface area contributed by atoms with Crippen LogP contribution in [0.4, 0.5) is 0 Å². The van der Waals surface area contributed by atoms with Gasteiger partial charge in [0.1, 0.15) is 6.33 Å². The fourth-order valence-corrected chi connectivity index (χ4v) is 1.03. The maximum absolute atomic E-state index is 5.53. The number of nitrogens with zero attached hydrogens (tertiary/aromatic N) is 3. The Kier molecular flexibility index (Phi) is 3.83. The standard InChI is InChI=1S/C5H2Cl5N3/c6-2(7)3-11-1-12-4(13-3)5(8,9)10/h1-2H. The van der Waals surface area contributed by atoms with E-state index in [0.717, 1.165) is 0 Å². The highest BCUT2D eigenvalue weighted by Gasteiger charge is 2.27. The molecule has 0 saturated heterocycles. The zero-order chi connectivity index (χ0) is 10.1. The van der Waals surface area contributed by atoms with Gasteiger partial charge in [-0.3, -0.25) is 0 Å². The quantitative estimate of drug-likeness (QED) is 0.742. The van der Waals surface area contributed by atoms with Crippen molar-refractivity contribution in [3.63, 3.8) is 0 Å². The third-order valence-electron chi connectivity index (χ3n) is 1.04. The van der Waals surface area contributed by atoms with Gasteiger partial charge in [0.25, 0.3) is 0 Å². The van der Waals surface area contributed by atoms with Gasteiger partial charge in [-0.15, -0.1) is 0 Å². The van der Waals surface area contributed by atoms with Crippen LogP contribution in [0.25, 0.3) is 0 Å². The monoisotopic (exact) mass is 279 g/mol. The summed E-state index contributed by atoms with van der Waals surface area (Å²) < 4.78 is -1.69. The predicted octanol–water partition coefficient (Wildman–Crippen LogP) is 3.17. The smallest absolute Gasteiger partial charge is 0.218 e. The minimum absolute atomic E-state index is 0.00574. The van der Waals surface area contributed by atoms with Gasteiger partial charge in [0.15, 0.2) is 16.5 Å². The molecule has 0 aliphatic carbocycles. The second-order valence-corrected chi connectivity index (χ2v) is 5.34. The van der Waals surface area contributed by atoms with Crippen LogP contribution >= 0.6 is 58.0 Å². The molecule has 0 bridgehead atoms. The molecule has 0 spiro atoms. The van der Waals surface area contributed by atoms with E-state index in [1.54, 1.807) is 0 Å². The molecule has 8 heteroatoms. The Morgan fingerprint density at radius 3 is 2.23 bits per heavy atom. The highest BCUT2D eigenvalue weighted by atomic mass is 35.6. The first-order valence-corrected chi connectivity index (χ1v) is 4.96. The first-order valence-electron chi connectivity index (χ1n) is 2.95. The maximum Gasteiger partial charge on any atom is 0.250 e. The molecule has 0 aromatic carbocycles. The highest BCUT2D eigenvalue weighted by Crippen LogP contribution is 2.36. The molecule has 72 valence electrons. The van der Waals surface area contributed by atoms with Gasteiger partial charge < -0.3 is 0 Å². The fourth-order valence-electron chi connectivity index (χ4n) is 0.551. The molecular weight excluding hydrogens is 279 g/mol. The topological polar surface area (TPSA) is 38.7 Å². The Hall–Kier alpha value is 0.460. The van der Waals surface area contributed by atoms with E-state index in [-0.39, 0.29) is 11.6 Å². The summed E-state index contributed by atoms with van der Waals surface area (Å²) in [5, 5.41) is 0. The molecule has 1 heterocycles. The van der Waals surface area contributed by atoms with Crippen molar-refractivity contribution < 1.29 is 0 Å². The molecule has 0 aliphatic heterocycles. The SMILES string of the molecule is ClC(Cl)c1ncnc(C(Cl)(Cl)Cl)n1. The molecule has 0 saturated carbocycles. The van der Waals surface area contributed by atoms with Crippen LogP contribution < -0.4 is 0 Å². The average Bonchev–Trinajstić information content (AvgIpc) is 2.03. The number of alkyl halides is 5. The number of hydrogen-bond acceptors (Lipinski definition) is 3. The van der Waals surface area contributed by atoms with E-state index >= 15 is 0 Å². The minimum atomic E-state index is -1.69. The second-order valence-electron chi connectivity index (χ2n) is 1.97. The fraction of sp³-hybridized carbons (Fsp3) is 0.400. The molecule has 1 aromatic rings. The van der Waals surface area contributed by atoms with Gasteiger partial charge in [-0.1, -0.05) is 58.0 Å². The Morgan fingerprint density at radius 1 is 1.15 bits per heavy atom. The molecule has 0 radical (unpaired) electrons. The molecule has 0 unspecified atom stereocenters. The van der Waals surface area contributed by atoms with Crippen LogP contribution in [0, 0.1) is 0 Å². The molecule has 13 heavy (non-hydrogen) atoms. The molecule has 0 aliphatic rings. The summed E-state index contributed by atoms with van der Waals surface area (Å²) >= 11 is 27.6. The molecule has 3 nitrogen and oxygen atoms in total. The Labute approximate surface area is 99.3 Å². The minimum Gasteiger partial charge on any atom is -0.218 e. The third-order valence-corrected chi connectivity index (χ3v) is 1.94. The molecule has 0 amide bonds. The normalized spacial score (nSPS) is 12.2. The van der Waals surface area contributed by atoms with Crippen LogP contribution in [0.1, 0.15) is 16.5 Å². The van der Waals surface area contributed by atoms with Crippen molar-refractivity contribution in [2.24, 2.45) is 0 Å². The molecule has 0 atom stereocenters. The van der Waals surface area contributed by atoms with Crippen molar-refractivity contribution >= 4 is 58.0 Å². The lowest BCUT2D eigenvalue weighted by molar-refractivity contribution is 0.861. The van der Waals surface area contributed by atoms with E-state index in [1.807, 2.05) is 0 Å². The average molecular weight is 281 g/mol. The van der Waals surface area contributed by atoms with E-state index < -0.39 is 8.63 Å². The van der Waals surface area contributed by atoms with Crippen LogP contribution in [0.3, 0.4) is 0 Å². The number of halogens is 5. The summed E-state index contributed by atoms with van der Waals surface area (Å²) in [5.41, 5.74) is 0. The Morgan fingerprint density at radius 2 is 1.77 bits per heavy atom. The van der Waals surface area contributed by atoms with Crippen LogP contribution in [0.2, 0.25) is 0 Å². The van der Waals surface area contributed by atoms with Crippen LogP contribution in [-0.2, 0) is 3.79 Å². The first kappa shape index (κ1) is 11.5. The van der Waals surface area contributed by atoms with Crippen molar-refractivity contribution in [2.45, 2.75) is 8.63 Å². The predicted molar refractivity (Wildman–Crippen MR) is 53.5 cm³/mol. The van der Waals surface area contributed by atoms with E-state index in [1.165, 1.54) is 6.33 Å². The van der Waals surface area contributed by atoms with Gasteiger partial charge in [-0.25, -0.2) is 15.0 Å². The lowest BCUT2D eigenvalue weighted by Gasteiger charge is -2.09. The van der Waals surface area contributed by atoms with E-state index in [9.17, 15) is 0 Å². The molecule has 1 rings (SSSR count). The Bertz CT molecular complexity index is 296. The molecule has 0 N–H and O–H groups in total.